The Labute approximate surface area is 136 Å². The molecule has 0 saturated carbocycles. The Hall–Kier alpha value is -0.330. The fraction of sp³-hybridized carbons (Fsp3) is 0.933. The molecule has 0 bridgehead atoms. The summed E-state index contributed by atoms with van der Waals surface area (Å²) in [5.41, 5.74) is -0.631. The van der Waals surface area contributed by atoms with Crippen LogP contribution in [0.2, 0.25) is 0 Å². The van der Waals surface area contributed by atoms with E-state index in [0.29, 0.717) is 26.3 Å². The highest BCUT2D eigenvalue weighted by Crippen LogP contribution is 2.22. The van der Waals surface area contributed by atoms with E-state index in [0.717, 1.165) is 0 Å². The Morgan fingerprint density at radius 1 is 1.10 bits per heavy atom. The van der Waals surface area contributed by atoms with E-state index in [9.17, 15) is 4.79 Å². The SMILES string of the molecule is CC(C)(C)OCCOC1CN(C(=O)OC(C)(C)C)CC1Br. The molecule has 0 aromatic heterocycles. The van der Waals surface area contributed by atoms with Crippen molar-refractivity contribution in [3.8, 4) is 0 Å². The molecule has 0 spiro atoms. The van der Waals surface area contributed by atoms with E-state index in [1.807, 2.05) is 41.5 Å². The number of ether oxygens (including phenoxy) is 3. The van der Waals surface area contributed by atoms with Gasteiger partial charge in [0.25, 0.3) is 0 Å². The lowest BCUT2D eigenvalue weighted by Crippen LogP contribution is -2.36. The minimum atomic E-state index is -0.474. The summed E-state index contributed by atoms with van der Waals surface area (Å²) < 4.78 is 16.8. The minimum absolute atomic E-state index is 0.0268. The largest absolute Gasteiger partial charge is 0.444 e. The molecule has 1 heterocycles. The first kappa shape index (κ1) is 18.7. The maximum Gasteiger partial charge on any atom is 0.410 e. The average Bonchev–Trinajstić information content (AvgIpc) is 2.63. The summed E-state index contributed by atoms with van der Waals surface area (Å²) in [5.74, 6) is 0. The molecule has 124 valence electrons. The minimum Gasteiger partial charge on any atom is -0.444 e. The van der Waals surface area contributed by atoms with Crippen molar-refractivity contribution in [2.75, 3.05) is 26.3 Å². The van der Waals surface area contributed by atoms with Gasteiger partial charge in [0.15, 0.2) is 0 Å². The normalized spacial score (nSPS) is 23.5. The maximum absolute atomic E-state index is 12.0. The predicted molar refractivity (Wildman–Crippen MR) is 86.0 cm³/mol. The Morgan fingerprint density at radius 2 is 1.71 bits per heavy atom. The second kappa shape index (κ2) is 7.29. The molecule has 0 aliphatic carbocycles. The molecule has 0 aromatic carbocycles. The highest BCUT2D eigenvalue weighted by Gasteiger charge is 2.36. The van der Waals surface area contributed by atoms with Gasteiger partial charge in [-0.15, -0.1) is 0 Å². The molecule has 1 aliphatic heterocycles. The first-order valence-corrected chi connectivity index (χ1v) is 8.27. The number of carbonyl (C=O) groups excluding carboxylic acids is 1. The lowest BCUT2D eigenvalue weighted by atomic mass is 10.2. The molecule has 2 atom stereocenters. The Balaban J connectivity index is 2.34. The molecule has 6 heteroatoms. The van der Waals surface area contributed by atoms with Gasteiger partial charge in [0.2, 0.25) is 0 Å². The number of halogens is 1. The van der Waals surface area contributed by atoms with Crippen molar-refractivity contribution in [3.05, 3.63) is 0 Å². The monoisotopic (exact) mass is 365 g/mol. The van der Waals surface area contributed by atoms with Crippen LogP contribution in [0.1, 0.15) is 41.5 Å². The molecular weight excluding hydrogens is 338 g/mol. The Kier molecular flexibility index (Phi) is 6.50. The standard InChI is InChI=1S/C15H28BrNO4/c1-14(2,3)20-8-7-19-12-10-17(9-11(12)16)13(18)21-15(4,5)6/h11-12H,7-10H2,1-6H3. The van der Waals surface area contributed by atoms with Gasteiger partial charge in [-0.05, 0) is 41.5 Å². The van der Waals surface area contributed by atoms with E-state index >= 15 is 0 Å². The van der Waals surface area contributed by atoms with Gasteiger partial charge in [-0.3, -0.25) is 0 Å². The van der Waals surface area contributed by atoms with Crippen LogP contribution in [0.3, 0.4) is 0 Å². The summed E-state index contributed by atoms with van der Waals surface area (Å²) in [6.07, 6.45) is -0.315. The number of hydrogen-bond acceptors (Lipinski definition) is 4. The zero-order valence-corrected chi connectivity index (χ0v) is 15.5. The third-order valence-corrected chi connectivity index (χ3v) is 3.68. The summed E-state index contributed by atoms with van der Waals surface area (Å²) in [6, 6.07) is 0. The number of nitrogens with zero attached hydrogens (tertiary/aromatic N) is 1. The van der Waals surface area contributed by atoms with Gasteiger partial charge in [-0.1, -0.05) is 15.9 Å². The van der Waals surface area contributed by atoms with Crippen LogP contribution in [0.25, 0.3) is 0 Å². The van der Waals surface area contributed by atoms with Crippen molar-refractivity contribution in [1.29, 1.82) is 0 Å². The Morgan fingerprint density at radius 3 is 2.24 bits per heavy atom. The van der Waals surface area contributed by atoms with Gasteiger partial charge in [-0.25, -0.2) is 4.79 Å². The van der Waals surface area contributed by atoms with Crippen LogP contribution >= 0.6 is 15.9 Å². The maximum atomic E-state index is 12.0. The highest BCUT2D eigenvalue weighted by atomic mass is 79.9. The number of hydrogen-bond donors (Lipinski definition) is 0. The van der Waals surface area contributed by atoms with Crippen LogP contribution in [0.5, 0.6) is 0 Å². The number of alkyl halides is 1. The first-order chi connectivity index (χ1) is 9.48. The van der Waals surface area contributed by atoms with E-state index in [1.54, 1.807) is 4.90 Å². The number of rotatable bonds is 4. The van der Waals surface area contributed by atoms with E-state index in [-0.39, 0.29) is 22.6 Å². The molecule has 1 aliphatic rings. The zero-order valence-electron chi connectivity index (χ0n) is 13.9. The number of amides is 1. The molecule has 1 amide bonds. The van der Waals surface area contributed by atoms with Crippen LogP contribution < -0.4 is 0 Å². The van der Waals surface area contributed by atoms with Gasteiger partial charge in [0, 0.05) is 6.54 Å². The average molecular weight is 366 g/mol. The molecule has 2 unspecified atom stereocenters. The highest BCUT2D eigenvalue weighted by molar-refractivity contribution is 9.09. The lowest BCUT2D eigenvalue weighted by Gasteiger charge is -2.24. The quantitative estimate of drug-likeness (QED) is 0.566. The predicted octanol–water partition coefficient (Wildman–Crippen LogP) is 3.20. The van der Waals surface area contributed by atoms with E-state index in [1.165, 1.54) is 0 Å². The fourth-order valence-corrected chi connectivity index (χ4v) is 2.58. The molecular formula is C15H28BrNO4. The molecule has 0 aromatic rings. The molecule has 1 fully saturated rings. The van der Waals surface area contributed by atoms with Crippen molar-refractivity contribution in [2.24, 2.45) is 0 Å². The fourth-order valence-electron chi connectivity index (χ4n) is 1.91. The lowest BCUT2D eigenvalue weighted by molar-refractivity contribution is -0.0488. The third-order valence-electron chi connectivity index (χ3n) is 2.80. The first-order valence-electron chi connectivity index (χ1n) is 7.35. The van der Waals surface area contributed by atoms with Crippen molar-refractivity contribution < 1.29 is 19.0 Å². The second-order valence-electron chi connectivity index (χ2n) is 7.27. The summed E-state index contributed by atoms with van der Waals surface area (Å²) in [6.45, 7) is 13.8. The van der Waals surface area contributed by atoms with Gasteiger partial charge < -0.3 is 19.1 Å². The third kappa shape index (κ3) is 7.47. The van der Waals surface area contributed by atoms with Crippen molar-refractivity contribution in [2.45, 2.75) is 63.7 Å². The van der Waals surface area contributed by atoms with Crippen molar-refractivity contribution in [1.82, 2.24) is 4.90 Å². The zero-order chi connectivity index (χ0) is 16.3. The van der Waals surface area contributed by atoms with Crippen LogP contribution in [-0.4, -0.2) is 59.4 Å². The van der Waals surface area contributed by atoms with Crippen molar-refractivity contribution >= 4 is 22.0 Å². The van der Waals surface area contributed by atoms with Gasteiger partial charge >= 0.3 is 6.09 Å². The van der Waals surface area contributed by atoms with Crippen LogP contribution in [-0.2, 0) is 14.2 Å². The molecule has 1 rings (SSSR count). The topological polar surface area (TPSA) is 48.0 Å². The molecule has 5 nitrogen and oxygen atoms in total. The summed E-state index contributed by atoms with van der Waals surface area (Å²) >= 11 is 3.57. The Bertz CT molecular complexity index is 349. The number of carbonyl (C=O) groups is 1. The van der Waals surface area contributed by atoms with E-state index in [2.05, 4.69) is 15.9 Å². The summed E-state index contributed by atoms with van der Waals surface area (Å²) in [5, 5.41) is 0. The summed E-state index contributed by atoms with van der Waals surface area (Å²) in [7, 11) is 0. The van der Waals surface area contributed by atoms with Gasteiger partial charge in [0.05, 0.1) is 36.3 Å². The van der Waals surface area contributed by atoms with Gasteiger partial charge in [0.1, 0.15) is 5.60 Å². The van der Waals surface area contributed by atoms with E-state index in [4.69, 9.17) is 14.2 Å². The van der Waals surface area contributed by atoms with Crippen molar-refractivity contribution in [3.63, 3.8) is 0 Å². The van der Waals surface area contributed by atoms with Crippen LogP contribution in [0.4, 0.5) is 4.79 Å². The molecule has 0 N–H and O–H groups in total. The smallest absolute Gasteiger partial charge is 0.410 e. The molecule has 1 saturated heterocycles. The number of likely N-dealkylation sites (tertiary alicyclic amines) is 1. The summed E-state index contributed by atoms with van der Waals surface area (Å²) in [4.78, 5) is 13.8. The van der Waals surface area contributed by atoms with Crippen LogP contribution in [0, 0.1) is 0 Å². The second-order valence-corrected chi connectivity index (χ2v) is 8.45. The van der Waals surface area contributed by atoms with Gasteiger partial charge in [-0.2, -0.15) is 0 Å². The van der Waals surface area contributed by atoms with Crippen LogP contribution in [0.15, 0.2) is 0 Å². The molecule has 21 heavy (non-hydrogen) atoms. The molecule has 0 radical (unpaired) electrons. The van der Waals surface area contributed by atoms with E-state index < -0.39 is 5.60 Å².